The molecule has 0 bridgehead atoms. The SMILES string of the molecule is OC(CNc1cc(Br)cc(C(F)(F)F)c1)c1ccccc1. The van der Waals surface area contributed by atoms with E-state index in [1.165, 1.54) is 6.07 Å². The fourth-order valence-corrected chi connectivity index (χ4v) is 2.36. The third kappa shape index (κ3) is 4.47. The summed E-state index contributed by atoms with van der Waals surface area (Å²) in [5.41, 5.74) is 0.260. The Kier molecular flexibility index (Phi) is 4.90. The zero-order chi connectivity index (χ0) is 15.5. The number of aliphatic hydroxyl groups excluding tert-OH is 1. The number of aliphatic hydroxyl groups is 1. The molecule has 0 spiro atoms. The molecule has 0 aromatic heterocycles. The van der Waals surface area contributed by atoms with Crippen molar-refractivity contribution in [3.63, 3.8) is 0 Å². The predicted molar refractivity (Wildman–Crippen MR) is 79.0 cm³/mol. The largest absolute Gasteiger partial charge is 0.416 e. The van der Waals surface area contributed by atoms with Crippen molar-refractivity contribution >= 4 is 21.6 Å². The second-order valence-corrected chi connectivity index (χ2v) is 5.45. The highest BCUT2D eigenvalue weighted by Gasteiger charge is 2.31. The first-order valence-electron chi connectivity index (χ1n) is 6.21. The Labute approximate surface area is 128 Å². The molecule has 0 aliphatic heterocycles. The molecule has 2 aromatic rings. The van der Waals surface area contributed by atoms with Crippen LogP contribution in [0.1, 0.15) is 17.2 Å². The average Bonchev–Trinajstić information content (AvgIpc) is 2.44. The Morgan fingerprint density at radius 2 is 1.76 bits per heavy atom. The molecule has 0 fully saturated rings. The van der Waals surface area contributed by atoms with Gasteiger partial charge in [-0.15, -0.1) is 0 Å². The minimum Gasteiger partial charge on any atom is -0.387 e. The van der Waals surface area contributed by atoms with Gasteiger partial charge in [-0.3, -0.25) is 0 Å². The van der Waals surface area contributed by atoms with Crippen molar-refractivity contribution in [2.75, 3.05) is 11.9 Å². The van der Waals surface area contributed by atoms with Crippen molar-refractivity contribution in [3.8, 4) is 0 Å². The van der Waals surface area contributed by atoms with Crippen LogP contribution in [0.5, 0.6) is 0 Å². The van der Waals surface area contributed by atoms with Crippen molar-refractivity contribution in [2.24, 2.45) is 0 Å². The summed E-state index contributed by atoms with van der Waals surface area (Å²) in [5, 5.41) is 12.8. The molecule has 0 saturated carbocycles. The Morgan fingerprint density at radius 3 is 2.38 bits per heavy atom. The lowest BCUT2D eigenvalue weighted by Crippen LogP contribution is -2.13. The van der Waals surface area contributed by atoms with Gasteiger partial charge in [-0.25, -0.2) is 0 Å². The predicted octanol–water partition coefficient (Wildman–Crippen LogP) is 4.61. The minimum absolute atomic E-state index is 0.123. The topological polar surface area (TPSA) is 32.3 Å². The maximum atomic E-state index is 12.7. The van der Waals surface area contributed by atoms with Crippen LogP contribution >= 0.6 is 15.9 Å². The maximum Gasteiger partial charge on any atom is 0.416 e. The summed E-state index contributed by atoms with van der Waals surface area (Å²) in [4.78, 5) is 0. The lowest BCUT2D eigenvalue weighted by molar-refractivity contribution is -0.137. The summed E-state index contributed by atoms with van der Waals surface area (Å²) in [6.07, 6.45) is -5.20. The molecule has 2 aromatic carbocycles. The Bertz CT molecular complexity index is 602. The van der Waals surface area contributed by atoms with Crippen LogP contribution in [0.3, 0.4) is 0 Å². The lowest BCUT2D eigenvalue weighted by atomic mass is 10.1. The van der Waals surface area contributed by atoms with Crippen molar-refractivity contribution in [1.82, 2.24) is 0 Å². The van der Waals surface area contributed by atoms with Crippen LogP contribution in [0.15, 0.2) is 53.0 Å². The highest BCUT2D eigenvalue weighted by Crippen LogP contribution is 2.33. The fourth-order valence-electron chi connectivity index (χ4n) is 1.86. The quantitative estimate of drug-likeness (QED) is 0.835. The minimum atomic E-state index is -4.40. The van der Waals surface area contributed by atoms with Gasteiger partial charge >= 0.3 is 6.18 Å². The summed E-state index contributed by atoms with van der Waals surface area (Å²) in [6, 6.07) is 12.5. The van der Waals surface area contributed by atoms with E-state index in [0.29, 0.717) is 15.7 Å². The number of rotatable bonds is 4. The van der Waals surface area contributed by atoms with E-state index in [1.807, 2.05) is 6.07 Å². The molecular formula is C15H13BrF3NO. The van der Waals surface area contributed by atoms with Gasteiger partial charge in [-0.1, -0.05) is 46.3 Å². The van der Waals surface area contributed by atoms with Crippen LogP contribution < -0.4 is 5.32 Å². The van der Waals surface area contributed by atoms with Gasteiger partial charge < -0.3 is 10.4 Å². The van der Waals surface area contributed by atoms with Gasteiger partial charge in [0.25, 0.3) is 0 Å². The number of hydrogen-bond acceptors (Lipinski definition) is 2. The van der Waals surface area contributed by atoms with E-state index in [4.69, 9.17) is 0 Å². The Balaban J connectivity index is 2.08. The van der Waals surface area contributed by atoms with E-state index in [2.05, 4.69) is 21.2 Å². The molecule has 0 aliphatic rings. The summed E-state index contributed by atoms with van der Waals surface area (Å²) in [5.74, 6) is 0. The molecule has 0 aliphatic carbocycles. The van der Waals surface area contributed by atoms with E-state index in [0.717, 1.165) is 12.1 Å². The van der Waals surface area contributed by atoms with Gasteiger partial charge in [-0.05, 0) is 23.8 Å². The van der Waals surface area contributed by atoms with Gasteiger partial charge in [0.05, 0.1) is 11.7 Å². The fraction of sp³-hybridized carbons (Fsp3) is 0.200. The normalized spacial score (nSPS) is 13.0. The monoisotopic (exact) mass is 359 g/mol. The number of nitrogens with one attached hydrogen (secondary N) is 1. The van der Waals surface area contributed by atoms with Gasteiger partial charge in [0.15, 0.2) is 0 Å². The van der Waals surface area contributed by atoms with Crippen molar-refractivity contribution < 1.29 is 18.3 Å². The zero-order valence-electron chi connectivity index (χ0n) is 10.9. The highest BCUT2D eigenvalue weighted by atomic mass is 79.9. The number of anilines is 1. The van der Waals surface area contributed by atoms with Gasteiger partial charge in [0.1, 0.15) is 0 Å². The number of hydrogen-bond donors (Lipinski definition) is 2. The molecule has 112 valence electrons. The first-order valence-corrected chi connectivity index (χ1v) is 7.00. The third-order valence-electron chi connectivity index (χ3n) is 2.91. The van der Waals surface area contributed by atoms with Crippen LogP contribution in [-0.2, 0) is 6.18 Å². The van der Waals surface area contributed by atoms with Crippen LogP contribution in [0.4, 0.5) is 18.9 Å². The Morgan fingerprint density at radius 1 is 1.10 bits per heavy atom. The number of benzene rings is 2. The molecule has 2 nitrogen and oxygen atoms in total. The summed E-state index contributed by atoms with van der Waals surface area (Å²) < 4.78 is 38.5. The van der Waals surface area contributed by atoms with Crippen molar-refractivity contribution in [2.45, 2.75) is 12.3 Å². The van der Waals surface area contributed by atoms with Crippen LogP contribution in [0.2, 0.25) is 0 Å². The molecule has 21 heavy (non-hydrogen) atoms. The molecule has 1 atom stereocenters. The number of alkyl halides is 3. The van der Waals surface area contributed by atoms with Gasteiger partial charge in [0.2, 0.25) is 0 Å². The summed E-state index contributed by atoms with van der Waals surface area (Å²) >= 11 is 3.05. The van der Waals surface area contributed by atoms with Gasteiger partial charge in [-0.2, -0.15) is 13.2 Å². The average molecular weight is 360 g/mol. The van der Waals surface area contributed by atoms with Gasteiger partial charge in [0, 0.05) is 16.7 Å². The molecule has 2 N–H and O–H groups in total. The Hall–Kier alpha value is -1.53. The molecule has 1 unspecified atom stereocenters. The van der Waals surface area contributed by atoms with E-state index in [-0.39, 0.29) is 6.54 Å². The molecule has 0 radical (unpaired) electrons. The number of halogens is 4. The molecule has 6 heteroatoms. The highest BCUT2D eigenvalue weighted by molar-refractivity contribution is 9.10. The standard InChI is InChI=1S/C15H13BrF3NO/c16-12-6-11(15(17,18)19)7-13(8-12)20-9-14(21)10-4-2-1-3-5-10/h1-8,14,20-21H,9H2. The maximum absolute atomic E-state index is 12.7. The molecule has 0 heterocycles. The zero-order valence-corrected chi connectivity index (χ0v) is 12.4. The third-order valence-corrected chi connectivity index (χ3v) is 3.37. The lowest BCUT2D eigenvalue weighted by Gasteiger charge is -2.15. The second kappa shape index (κ2) is 6.49. The van der Waals surface area contributed by atoms with E-state index in [1.54, 1.807) is 24.3 Å². The first kappa shape index (κ1) is 15.9. The first-order chi connectivity index (χ1) is 9.86. The van der Waals surface area contributed by atoms with Crippen LogP contribution in [0, 0.1) is 0 Å². The van der Waals surface area contributed by atoms with E-state index < -0.39 is 17.8 Å². The van der Waals surface area contributed by atoms with Crippen LogP contribution in [0.25, 0.3) is 0 Å². The smallest absolute Gasteiger partial charge is 0.387 e. The molecule has 0 saturated heterocycles. The van der Waals surface area contributed by atoms with Crippen LogP contribution in [-0.4, -0.2) is 11.7 Å². The molecule has 2 rings (SSSR count). The van der Waals surface area contributed by atoms with Crippen molar-refractivity contribution in [1.29, 1.82) is 0 Å². The van der Waals surface area contributed by atoms with Crippen molar-refractivity contribution in [3.05, 3.63) is 64.1 Å². The van der Waals surface area contributed by atoms with E-state index >= 15 is 0 Å². The summed E-state index contributed by atoms with van der Waals surface area (Å²) in [7, 11) is 0. The summed E-state index contributed by atoms with van der Waals surface area (Å²) in [6.45, 7) is 0.123. The molecule has 0 amide bonds. The van der Waals surface area contributed by atoms with E-state index in [9.17, 15) is 18.3 Å². The second-order valence-electron chi connectivity index (χ2n) is 4.53. The molecular weight excluding hydrogens is 347 g/mol.